The molecule has 0 spiro atoms. The van der Waals surface area contributed by atoms with Crippen LogP contribution >= 0.6 is 0 Å². The molecule has 1 aliphatic rings. The highest BCUT2D eigenvalue weighted by atomic mass is 19.1. The van der Waals surface area contributed by atoms with E-state index in [-0.39, 0.29) is 17.0 Å². The maximum Gasteiger partial charge on any atom is 0.312 e. The Morgan fingerprint density at radius 3 is 3.10 bits per heavy atom. The number of rotatable bonds is 2. The third-order valence-corrected chi connectivity index (χ3v) is 3.35. The summed E-state index contributed by atoms with van der Waals surface area (Å²) in [5.41, 5.74) is 4.81. The zero-order valence-corrected chi connectivity index (χ0v) is 10.3. The van der Waals surface area contributed by atoms with Gasteiger partial charge in [-0.15, -0.1) is 0 Å². The first-order valence-corrected chi connectivity index (χ1v) is 5.94. The summed E-state index contributed by atoms with van der Waals surface area (Å²) in [4.78, 5) is 11.1. The lowest BCUT2D eigenvalue weighted by Gasteiger charge is -2.19. The van der Waals surface area contributed by atoms with Crippen LogP contribution in [0.4, 0.5) is 10.2 Å². The maximum atomic E-state index is 13.2. The van der Waals surface area contributed by atoms with Crippen molar-refractivity contribution in [2.75, 3.05) is 12.3 Å². The summed E-state index contributed by atoms with van der Waals surface area (Å²) in [6, 6.07) is 1.95. The highest BCUT2D eigenvalue weighted by Crippen LogP contribution is 2.37. The fourth-order valence-electron chi connectivity index (χ4n) is 2.29. The quantitative estimate of drug-likeness (QED) is 0.747. The van der Waals surface area contributed by atoms with Gasteiger partial charge in [0.05, 0.1) is 12.9 Å². The Labute approximate surface area is 112 Å². The first kappa shape index (κ1) is 12.7. The number of hydrogen-bond donors (Lipinski definition) is 2. The monoisotopic (exact) mass is 278 g/mol. The average molecular weight is 278 g/mol. The number of nitrogens with zero attached hydrogens (tertiary/aromatic N) is 5. The molecule has 0 aliphatic carbocycles. The number of imidazole rings is 1. The molecule has 2 aromatic rings. The van der Waals surface area contributed by atoms with Crippen LogP contribution in [0.3, 0.4) is 0 Å². The molecule has 1 aliphatic heterocycles. The molecule has 3 rings (SSSR count). The van der Waals surface area contributed by atoms with E-state index in [1.165, 1.54) is 10.9 Å². The van der Waals surface area contributed by atoms with E-state index in [9.17, 15) is 9.50 Å². The molecule has 2 aromatic heterocycles. The lowest BCUT2D eigenvalue weighted by molar-refractivity contribution is -0.0630. The van der Waals surface area contributed by atoms with Crippen molar-refractivity contribution < 1.29 is 14.2 Å². The molecular formula is C11H11FN6O2. The number of aliphatic hydroxyl groups is 1. The lowest BCUT2D eigenvalue weighted by atomic mass is 10.0. The Morgan fingerprint density at radius 2 is 2.45 bits per heavy atom. The van der Waals surface area contributed by atoms with Crippen LogP contribution in [0.25, 0.3) is 11.2 Å². The van der Waals surface area contributed by atoms with Gasteiger partial charge < -0.3 is 15.6 Å². The molecule has 20 heavy (non-hydrogen) atoms. The number of aromatic nitrogens is 4. The fraction of sp³-hybridized carbons (Fsp3) is 0.455. The second-order valence-electron chi connectivity index (χ2n) is 4.58. The minimum absolute atomic E-state index is 0.0575. The molecule has 1 saturated heterocycles. The topological polar surface area (TPSA) is 123 Å². The van der Waals surface area contributed by atoms with Gasteiger partial charge >= 0.3 is 6.08 Å². The van der Waals surface area contributed by atoms with Gasteiger partial charge in [-0.3, -0.25) is 4.57 Å². The van der Waals surface area contributed by atoms with Gasteiger partial charge in [-0.2, -0.15) is 19.6 Å². The summed E-state index contributed by atoms with van der Waals surface area (Å²) < 4.78 is 20.3. The minimum Gasteiger partial charge on any atom is -0.392 e. The predicted molar refractivity (Wildman–Crippen MR) is 64.5 cm³/mol. The summed E-state index contributed by atoms with van der Waals surface area (Å²) in [6.45, 7) is -0.405. The van der Waals surface area contributed by atoms with Crippen molar-refractivity contribution in [1.82, 2.24) is 19.5 Å². The fourth-order valence-corrected chi connectivity index (χ4v) is 2.29. The van der Waals surface area contributed by atoms with Crippen molar-refractivity contribution in [3.63, 3.8) is 0 Å². The molecule has 0 unspecified atom stereocenters. The van der Waals surface area contributed by atoms with E-state index in [4.69, 9.17) is 15.7 Å². The first-order valence-electron chi connectivity index (χ1n) is 5.94. The molecule has 2 atom stereocenters. The molecule has 0 saturated carbocycles. The van der Waals surface area contributed by atoms with Crippen LogP contribution in [0.1, 0.15) is 19.1 Å². The van der Waals surface area contributed by atoms with Crippen molar-refractivity contribution in [3.8, 4) is 6.07 Å². The van der Waals surface area contributed by atoms with Gasteiger partial charge in [0.2, 0.25) is 0 Å². The Balaban J connectivity index is 2.03. The summed E-state index contributed by atoms with van der Waals surface area (Å²) in [6.07, 6.45) is 0.743. The highest BCUT2D eigenvalue weighted by molar-refractivity contribution is 5.81. The number of nitrogen functional groups attached to an aromatic ring is 1. The second kappa shape index (κ2) is 4.36. The Hall–Kier alpha value is -2.31. The molecule has 0 bridgehead atoms. The summed E-state index contributed by atoms with van der Waals surface area (Å²) in [5, 5.41) is 18.3. The van der Waals surface area contributed by atoms with E-state index < -0.39 is 24.5 Å². The highest BCUT2D eigenvalue weighted by Gasteiger charge is 2.41. The number of aliphatic hydroxyl groups excluding tert-OH is 1. The van der Waals surface area contributed by atoms with Crippen molar-refractivity contribution in [1.29, 1.82) is 5.26 Å². The van der Waals surface area contributed by atoms with E-state index in [2.05, 4.69) is 15.0 Å². The molecule has 104 valence electrons. The third kappa shape index (κ3) is 1.77. The van der Waals surface area contributed by atoms with Crippen LogP contribution in [0.5, 0.6) is 0 Å². The van der Waals surface area contributed by atoms with Crippen LogP contribution in [0, 0.1) is 17.4 Å². The maximum absolute atomic E-state index is 13.2. The zero-order chi connectivity index (χ0) is 14.3. The van der Waals surface area contributed by atoms with Crippen molar-refractivity contribution in [2.45, 2.75) is 24.7 Å². The molecule has 0 aromatic carbocycles. The van der Waals surface area contributed by atoms with E-state index in [0.717, 1.165) is 0 Å². The van der Waals surface area contributed by atoms with Crippen LogP contribution in [0.2, 0.25) is 0 Å². The van der Waals surface area contributed by atoms with E-state index in [1.54, 1.807) is 0 Å². The standard InChI is InChI=1S/C11H11FN6O2/c12-10-16-8(14)7-9(17-10)18(5-15-7)6-1-2-11(3-13,4-19)20-6/h5-6,19H,1-2,4H2,(H2,14,16,17)/t6-,11-/m1/s1. The van der Waals surface area contributed by atoms with Gasteiger partial charge in [0.15, 0.2) is 22.6 Å². The van der Waals surface area contributed by atoms with Gasteiger partial charge in [-0.25, -0.2) is 4.98 Å². The smallest absolute Gasteiger partial charge is 0.312 e. The predicted octanol–water partition coefficient (Wildman–Crippen LogP) is 0.111. The first-order chi connectivity index (χ1) is 9.58. The molecule has 3 heterocycles. The number of ether oxygens (including phenoxy) is 1. The van der Waals surface area contributed by atoms with E-state index in [1.807, 2.05) is 6.07 Å². The lowest BCUT2D eigenvalue weighted by Crippen LogP contribution is -2.31. The SMILES string of the molecule is N#C[C@@]1(CO)CC[C@H](n2cnc3c(N)nc(F)nc32)O1. The Bertz CT molecular complexity index is 711. The van der Waals surface area contributed by atoms with Crippen molar-refractivity contribution in [2.24, 2.45) is 0 Å². The van der Waals surface area contributed by atoms with Gasteiger partial charge in [0, 0.05) is 0 Å². The Morgan fingerprint density at radius 1 is 1.65 bits per heavy atom. The molecule has 0 radical (unpaired) electrons. The van der Waals surface area contributed by atoms with Gasteiger partial charge in [-0.1, -0.05) is 0 Å². The van der Waals surface area contributed by atoms with Crippen molar-refractivity contribution >= 4 is 17.0 Å². The summed E-state index contributed by atoms with van der Waals surface area (Å²) in [5.74, 6) is -0.0575. The number of halogens is 1. The number of nitrogens with two attached hydrogens (primary N) is 1. The van der Waals surface area contributed by atoms with Gasteiger partial charge in [0.25, 0.3) is 0 Å². The third-order valence-electron chi connectivity index (χ3n) is 3.35. The average Bonchev–Trinajstić information content (AvgIpc) is 3.02. The molecule has 8 nitrogen and oxygen atoms in total. The Kier molecular flexibility index (Phi) is 2.77. The van der Waals surface area contributed by atoms with Crippen LogP contribution in [-0.4, -0.2) is 36.8 Å². The summed E-state index contributed by atoms with van der Waals surface area (Å²) >= 11 is 0. The number of fused-ring (bicyclic) bond motifs is 1. The molecule has 3 N–H and O–H groups in total. The second-order valence-corrected chi connectivity index (χ2v) is 4.58. The van der Waals surface area contributed by atoms with Gasteiger partial charge in [-0.05, 0) is 12.8 Å². The normalized spacial score (nSPS) is 25.9. The largest absolute Gasteiger partial charge is 0.392 e. The van der Waals surface area contributed by atoms with Crippen LogP contribution < -0.4 is 5.73 Å². The number of anilines is 1. The van der Waals surface area contributed by atoms with Crippen molar-refractivity contribution in [3.05, 3.63) is 12.4 Å². The molecular weight excluding hydrogens is 267 g/mol. The summed E-state index contributed by atoms with van der Waals surface area (Å²) in [7, 11) is 0. The molecule has 0 amide bonds. The van der Waals surface area contributed by atoms with Crippen LogP contribution in [0.15, 0.2) is 6.33 Å². The van der Waals surface area contributed by atoms with Crippen LogP contribution in [-0.2, 0) is 4.74 Å². The molecule has 1 fully saturated rings. The number of hydrogen-bond acceptors (Lipinski definition) is 7. The zero-order valence-electron chi connectivity index (χ0n) is 10.3. The number of nitriles is 1. The van der Waals surface area contributed by atoms with E-state index >= 15 is 0 Å². The minimum atomic E-state index is -1.24. The van der Waals surface area contributed by atoms with E-state index in [0.29, 0.717) is 12.8 Å². The van der Waals surface area contributed by atoms with Gasteiger partial charge in [0.1, 0.15) is 12.3 Å². The molecule has 9 heteroatoms.